The fourth-order valence-corrected chi connectivity index (χ4v) is 4.03. The van der Waals surface area contributed by atoms with Crippen molar-refractivity contribution in [2.75, 3.05) is 5.32 Å². The molecule has 0 saturated heterocycles. The summed E-state index contributed by atoms with van der Waals surface area (Å²) in [6.07, 6.45) is 9.07. The normalized spacial score (nSPS) is 13.7. The van der Waals surface area contributed by atoms with E-state index in [9.17, 15) is 14.0 Å². The average molecular weight is 541 g/mol. The van der Waals surface area contributed by atoms with Gasteiger partial charge in [-0.15, -0.1) is 0 Å². The van der Waals surface area contributed by atoms with E-state index in [1.54, 1.807) is 18.5 Å². The van der Waals surface area contributed by atoms with Crippen LogP contribution < -0.4 is 20.9 Å². The molecule has 0 unspecified atom stereocenters. The number of hydrogen-bond acceptors (Lipinski definition) is 6. The number of H-pyrrole nitrogens is 1. The van der Waals surface area contributed by atoms with Crippen molar-refractivity contribution in [1.29, 1.82) is 5.41 Å². The lowest BCUT2D eigenvalue weighted by Crippen LogP contribution is -2.27. The highest BCUT2D eigenvalue weighted by Gasteiger charge is 2.19. The molecule has 4 aromatic rings. The molecule has 0 atom stereocenters. The third-order valence-electron chi connectivity index (χ3n) is 6.03. The van der Waals surface area contributed by atoms with Gasteiger partial charge in [0.15, 0.2) is 17.3 Å². The summed E-state index contributed by atoms with van der Waals surface area (Å²) in [6, 6.07) is 12.0. The molecule has 4 N–H and O–H groups in total. The van der Waals surface area contributed by atoms with Crippen LogP contribution in [0.3, 0.4) is 0 Å². The standard InChI is InChI=1S/C29H22F2N6O3/c1-17-23(16-34-36-17)18-13-27(25(10-11-32)33-15-18)40-26-9-6-20(14-24(26)31)35-28(38)22-3-2-12-37(29(22)39)21-7-4-19(30)5-8-21/h2-16,32-33H,1H3,(H,34,36)(H,35,38)/b25-10-,32-11?. The van der Waals surface area contributed by atoms with Gasteiger partial charge >= 0.3 is 0 Å². The van der Waals surface area contributed by atoms with E-state index in [0.29, 0.717) is 11.4 Å². The maximum atomic E-state index is 15.1. The van der Waals surface area contributed by atoms with E-state index in [4.69, 9.17) is 10.1 Å². The van der Waals surface area contributed by atoms with Crippen LogP contribution in [0.5, 0.6) is 5.75 Å². The Balaban J connectivity index is 1.36. The van der Waals surface area contributed by atoms with Crippen LogP contribution in [0.2, 0.25) is 0 Å². The average Bonchev–Trinajstić information content (AvgIpc) is 3.37. The predicted molar refractivity (Wildman–Crippen MR) is 146 cm³/mol. The molecule has 0 fully saturated rings. The van der Waals surface area contributed by atoms with Crippen LogP contribution in [0.15, 0.2) is 102 Å². The summed E-state index contributed by atoms with van der Waals surface area (Å²) in [5.41, 5.74) is 2.52. The zero-order valence-electron chi connectivity index (χ0n) is 21.0. The lowest BCUT2D eigenvalue weighted by atomic mass is 10.0. The summed E-state index contributed by atoms with van der Waals surface area (Å²) in [5.74, 6) is -1.81. The molecule has 5 rings (SSSR count). The van der Waals surface area contributed by atoms with Gasteiger partial charge in [-0.2, -0.15) is 5.10 Å². The maximum absolute atomic E-state index is 15.1. The number of anilines is 1. The van der Waals surface area contributed by atoms with Crippen molar-refractivity contribution in [3.63, 3.8) is 0 Å². The Labute approximate surface area is 226 Å². The SMILES string of the molecule is Cc1[nH]ncc1C1=CN/C(=C\C=N)C(Oc2ccc(NC(=O)c3cccn(-c4ccc(F)cc4)c3=O)cc2F)=C1. The number of aromatic nitrogens is 3. The van der Waals surface area contributed by atoms with E-state index < -0.39 is 23.1 Å². The Morgan fingerprint density at radius 2 is 1.95 bits per heavy atom. The molecule has 11 heteroatoms. The minimum Gasteiger partial charge on any atom is -0.452 e. The molecule has 2 aromatic heterocycles. The van der Waals surface area contributed by atoms with E-state index in [1.165, 1.54) is 65.4 Å². The van der Waals surface area contributed by atoms with Gasteiger partial charge in [-0.05, 0) is 67.6 Å². The van der Waals surface area contributed by atoms with E-state index in [-0.39, 0.29) is 22.8 Å². The first kappa shape index (κ1) is 26.0. The Morgan fingerprint density at radius 3 is 2.65 bits per heavy atom. The van der Waals surface area contributed by atoms with Crippen LogP contribution in [0.1, 0.15) is 21.6 Å². The van der Waals surface area contributed by atoms with Gasteiger partial charge in [-0.25, -0.2) is 8.78 Å². The monoisotopic (exact) mass is 540 g/mol. The zero-order chi connectivity index (χ0) is 28.2. The lowest BCUT2D eigenvalue weighted by Gasteiger charge is -2.19. The molecule has 0 bridgehead atoms. The number of aryl methyl sites for hydroxylation is 1. The van der Waals surface area contributed by atoms with Gasteiger partial charge in [0, 0.05) is 52.9 Å². The number of carbonyl (C=O) groups excluding carboxylic acids is 1. The lowest BCUT2D eigenvalue weighted by molar-refractivity contribution is 0.102. The number of pyridine rings is 1. The van der Waals surface area contributed by atoms with Crippen LogP contribution in [0.4, 0.5) is 14.5 Å². The van der Waals surface area contributed by atoms with Crippen LogP contribution in [0.25, 0.3) is 11.3 Å². The first-order chi connectivity index (χ1) is 19.3. The summed E-state index contributed by atoms with van der Waals surface area (Å²) in [5, 5.41) is 19.8. The summed E-state index contributed by atoms with van der Waals surface area (Å²) >= 11 is 0. The Morgan fingerprint density at radius 1 is 1.15 bits per heavy atom. The predicted octanol–water partition coefficient (Wildman–Crippen LogP) is 4.84. The number of aromatic amines is 1. The number of allylic oxidation sites excluding steroid dienone is 3. The van der Waals surface area contributed by atoms with Crippen LogP contribution in [-0.4, -0.2) is 26.9 Å². The summed E-state index contributed by atoms with van der Waals surface area (Å²) < 4.78 is 35.4. The van der Waals surface area contributed by atoms with Gasteiger partial charge in [-0.1, -0.05) is 0 Å². The minimum absolute atomic E-state index is 0.104. The van der Waals surface area contributed by atoms with Gasteiger partial charge in [0.1, 0.15) is 11.4 Å². The van der Waals surface area contributed by atoms with E-state index in [1.807, 2.05) is 6.92 Å². The molecule has 0 aliphatic carbocycles. The molecule has 0 spiro atoms. The number of ether oxygens (including phenoxy) is 1. The highest BCUT2D eigenvalue weighted by molar-refractivity contribution is 6.04. The number of nitrogens with one attached hydrogen (secondary N) is 4. The number of carbonyl (C=O) groups is 1. The van der Waals surface area contributed by atoms with Gasteiger partial charge in [0.25, 0.3) is 11.5 Å². The van der Waals surface area contributed by atoms with Crippen molar-refractivity contribution in [1.82, 2.24) is 20.1 Å². The third kappa shape index (κ3) is 5.34. The highest BCUT2D eigenvalue weighted by Crippen LogP contribution is 2.29. The summed E-state index contributed by atoms with van der Waals surface area (Å²) in [7, 11) is 0. The molecule has 1 aliphatic heterocycles. The molecule has 2 aromatic carbocycles. The van der Waals surface area contributed by atoms with Gasteiger partial charge in [0.05, 0.1) is 11.9 Å². The second-order valence-electron chi connectivity index (χ2n) is 8.68. The molecule has 0 radical (unpaired) electrons. The number of dihydropyridines is 1. The van der Waals surface area contributed by atoms with Crippen molar-refractivity contribution in [2.45, 2.75) is 6.92 Å². The number of rotatable bonds is 7. The number of halogens is 2. The van der Waals surface area contributed by atoms with Crippen molar-refractivity contribution in [2.24, 2.45) is 0 Å². The molecular formula is C29H22F2N6O3. The van der Waals surface area contributed by atoms with Crippen molar-refractivity contribution in [3.8, 4) is 11.4 Å². The van der Waals surface area contributed by atoms with Gasteiger partial charge < -0.3 is 20.8 Å². The fraction of sp³-hybridized carbons (Fsp3) is 0.0345. The largest absolute Gasteiger partial charge is 0.452 e. The fourth-order valence-electron chi connectivity index (χ4n) is 4.03. The van der Waals surface area contributed by atoms with Crippen molar-refractivity contribution in [3.05, 3.63) is 136 Å². The summed E-state index contributed by atoms with van der Waals surface area (Å²) in [6.45, 7) is 1.86. The number of benzene rings is 2. The maximum Gasteiger partial charge on any atom is 0.267 e. The van der Waals surface area contributed by atoms with E-state index in [2.05, 4.69) is 20.8 Å². The molecule has 9 nitrogen and oxygen atoms in total. The topological polar surface area (TPSA) is 125 Å². The molecular weight excluding hydrogens is 518 g/mol. The highest BCUT2D eigenvalue weighted by atomic mass is 19.1. The van der Waals surface area contributed by atoms with Crippen molar-refractivity contribution < 1.29 is 18.3 Å². The van der Waals surface area contributed by atoms with E-state index in [0.717, 1.165) is 29.1 Å². The van der Waals surface area contributed by atoms with Crippen LogP contribution in [-0.2, 0) is 0 Å². The minimum atomic E-state index is -0.764. The molecule has 40 heavy (non-hydrogen) atoms. The number of hydrogen-bond donors (Lipinski definition) is 4. The third-order valence-corrected chi connectivity index (χ3v) is 6.03. The number of nitrogens with zero attached hydrogens (tertiary/aromatic N) is 2. The Hall–Kier alpha value is -5.58. The quantitative estimate of drug-likeness (QED) is 0.250. The van der Waals surface area contributed by atoms with Crippen LogP contribution >= 0.6 is 0 Å². The summed E-state index contributed by atoms with van der Waals surface area (Å²) in [4.78, 5) is 25.8. The Bertz CT molecular complexity index is 1770. The molecule has 0 saturated carbocycles. The first-order valence-corrected chi connectivity index (χ1v) is 12.0. The van der Waals surface area contributed by atoms with E-state index >= 15 is 4.39 Å². The second-order valence-corrected chi connectivity index (χ2v) is 8.68. The molecule has 1 aliphatic rings. The Kier molecular flexibility index (Phi) is 7.18. The molecule has 1 amide bonds. The zero-order valence-corrected chi connectivity index (χ0v) is 21.0. The van der Waals surface area contributed by atoms with Gasteiger partial charge in [-0.3, -0.25) is 19.3 Å². The smallest absolute Gasteiger partial charge is 0.267 e. The molecule has 200 valence electrons. The molecule has 3 heterocycles. The second kappa shape index (κ2) is 11.0. The number of amides is 1. The van der Waals surface area contributed by atoms with Crippen molar-refractivity contribution >= 4 is 23.4 Å². The van der Waals surface area contributed by atoms with Gasteiger partial charge in [0.2, 0.25) is 0 Å². The van der Waals surface area contributed by atoms with Crippen LogP contribution in [0, 0.1) is 24.0 Å². The first-order valence-electron chi connectivity index (χ1n) is 12.0.